The molecule has 3 aromatic rings. The zero-order valence-electron chi connectivity index (χ0n) is 14.8. The fraction of sp³-hybridized carbons (Fsp3) is 0.105. The van der Waals surface area contributed by atoms with Gasteiger partial charge in [0.05, 0.1) is 12.8 Å². The van der Waals surface area contributed by atoms with Crippen LogP contribution in [-0.4, -0.2) is 23.9 Å². The molecule has 2 amide bonds. The molecule has 0 unspecified atom stereocenters. The number of hydrogen-bond donors (Lipinski definition) is 3. The quantitative estimate of drug-likeness (QED) is 0.604. The van der Waals surface area contributed by atoms with Crippen LogP contribution < -0.4 is 21.1 Å². The van der Waals surface area contributed by atoms with Crippen molar-refractivity contribution < 1.29 is 14.3 Å². The summed E-state index contributed by atoms with van der Waals surface area (Å²) in [5.41, 5.74) is 8.27. The van der Waals surface area contributed by atoms with Crippen LogP contribution in [0.1, 0.15) is 26.4 Å². The van der Waals surface area contributed by atoms with Gasteiger partial charge in [-0.25, -0.2) is 4.98 Å². The fourth-order valence-corrected chi connectivity index (χ4v) is 3.09. The Balaban J connectivity index is 1.70. The number of rotatable bonds is 6. The lowest BCUT2D eigenvalue weighted by atomic mass is 10.2. The van der Waals surface area contributed by atoms with Gasteiger partial charge in [0.1, 0.15) is 11.4 Å². The monoisotopic (exact) mass is 382 g/mol. The summed E-state index contributed by atoms with van der Waals surface area (Å²) >= 11 is 1.31. The number of nitrogens with zero attached hydrogens (tertiary/aromatic N) is 1. The van der Waals surface area contributed by atoms with Crippen LogP contribution in [0.2, 0.25) is 0 Å². The van der Waals surface area contributed by atoms with Crippen LogP contribution in [0.15, 0.2) is 47.8 Å². The second-order valence-electron chi connectivity index (χ2n) is 5.76. The first-order valence-electron chi connectivity index (χ1n) is 8.04. The molecule has 0 radical (unpaired) electrons. The molecule has 0 aliphatic heterocycles. The number of methoxy groups -OCH3 is 1. The number of aromatic nitrogens is 1. The Kier molecular flexibility index (Phi) is 5.37. The summed E-state index contributed by atoms with van der Waals surface area (Å²) in [7, 11) is 1.60. The number of carbonyl (C=O) groups excluding carboxylic acids is 2. The van der Waals surface area contributed by atoms with Crippen LogP contribution in [-0.2, 0) is 0 Å². The number of carbonyl (C=O) groups is 2. The van der Waals surface area contributed by atoms with Gasteiger partial charge < -0.3 is 21.1 Å². The molecule has 4 N–H and O–H groups in total. The zero-order valence-corrected chi connectivity index (χ0v) is 15.6. The molecule has 0 bridgehead atoms. The average molecular weight is 382 g/mol. The van der Waals surface area contributed by atoms with E-state index in [9.17, 15) is 9.59 Å². The first-order chi connectivity index (χ1) is 13.0. The van der Waals surface area contributed by atoms with E-state index < -0.39 is 5.91 Å². The number of nitrogens with one attached hydrogen (secondary N) is 2. The Labute approximate surface area is 160 Å². The maximum atomic E-state index is 12.4. The second kappa shape index (κ2) is 7.88. The Bertz CT molecular complexity index is 983. The van der Waals surface area contributed by atoms with Gasteiger partial charge in [-0.2, -0.15) is 0 Å². The summed E-state index contributed by atoms with van der Waals surface area (Å²) in [5, 5.41) is 8.15. The van der Waals surface area contributed by atoms with Crippen molar-refractivity contribution in [1.29, 1.82) is 0 Å². The van der Waals surface area contributed by atoms with Crippen molar-refractivity contribution in [3.63, 3.8) is 0 Å². The minimum Gasteiger partial charge on any atom is -0.495 e. The van der Waals surface area contributed by atoms with Gasteiger partial charge in [-0.1, -0.05) is 6.07 Å². The summed E-state index contributed by atoms with van der Waals surface area (Å²) in [6.07, 6.45) is 0. The van der Waals surface area contributed by atoms with Crippen LogP contribution in [0, 0.1) is 6.92 Å². The third kappa shape index (κ3) is 4.42. The molecular formula is C19H18N4O3S. The number of aryl methyl sites for hydroxylation is 1. The molecule has 138 valence electrons. The van der Waals surface area contributed by atoms with Crippen LogP contribution in [0.4, 0.5) is 16.5 Å². The van der Waals surface area contributed by atoms with Gasteiger partial charge >= 0.3 is 0 Å². The van der Waals surface area contributed by atoms with Crippen molar-refractivity contribution in [3.8, 4) is 5.75 Å². The molecular weight excluding hydrogens is 364 g/mol. The molecule has 1 aromatic heterocycles. The van der Waals surface area contributed by atoms with E-state index in [0.717, 1.165) is 11.3 Å². The third-order valence-electron chi connectivity index (χ3n) is 3.76. The molecule has 0 saturated carbocycles. The Morgan fingerprint density at radius 2 is 1.89 bits per heavy atom. The third-order valence-corrected chi connectivity index (χ3v) is 4.52. The minimum atomic E-state index is -0.519. The molecule has 0 atom stereocenters. The van der Waals surface area contributed by atoms with Gasteiger partial charge in [-0.15, -0.1) is 11.3 Å². The Morgan fingerprint density at radius 1 is 1.15 bits per heavy atom. The lowest BCUT2D eigenvalue weighted by Gasteiger charge is -2.09. The van der Waals surface area contributed by atoms with E-state index in [1.54, 1.807) is 36.8 Å². The largest absolute Gasteiger partial charge is 0.495 e. The predicted molar refractivity (Wildman–Crippen MR) is 106 cm³/mol. The number of hydrogen-bond acceptors (Lipinski definition) is 6. The summed E-state index contributed by atoms with van der Waals surface area (Å²) in [4.78, 5) is 27.8. The number of thiazole rings is 1. The van der Waals surface area contributed by atoms with Crippen molar-refractivity contribution in [3.05, 3.63) is 64.7 Å². The molecule has 2 aromatic carbocycles. The first-order valence-corrected chi connectivity index (χ1v) is 8.92. The number of anilines is 3. The molecule has 8 heteroatoms. The summed E-state index contributed by atoms with van der Waals surface area (Å²) < 4.78 is 5.33. The van der Waals surface area contributed by atoms with Crippen molar-refractivity contribution in [2.45, 2.75) is 6.92 Å². The van der Waals surface area contributed by atoms with Crippen molar-refractivity contribution >= 4 is 39.7 Å². The predicted octanol–water partition coefficient (Wildman–Crippen LogP) is 3.55. The molecule has 1 heterocycles. The zero-order chi connectivity index (χ0) is 19.4. The highest BCUT2D eigenvalue weighted by atomic mass is 32.1. The van der Waals surface area contributed by atoms with Gasteiger partial charge in [0.15, 0.2) is 5.13 Å². The van der Waals surface area contributed by atoms with Gasteiger partial charge in [0, 0.05) is 16.6 Å². The molecule has 7 nitrogen and oxygen atoms in total. The smallest absolute Gasteiger partial charge is 0.275 e. The van der Waals surface area contributed by atoms with E-state index in [1.807, 2.05) is 25.1 Å². The number of amides is 2. The number of primary amides is 1. The van der Waals surface area contributed by atoms with E-state index in [2.05, 4.69) is 15.6 Å². The van der Waals surface area contributed by atoms with Gasteiger partial charge in [-0.3, -0.25) is 9.59 Å². The number of benzene rings is 2. The fourth-order valence-electron chi connectivity index (χ4n) is 2.38. The van der Waals surface area contributed by atoms with Crippen LogP contribution in [0.3, 0.4) is 0 Å². The molecule has 0 aliphatic carbocycles. The summed E-state index contributed by atoms with van der Waals surface area (Å²) in [6, 6.07) is 12.1. The molecule has 3 rings (SSSR count). The van der Waals surface area contributed by atoms with Crippen molar-refractivity contribution in [2.75, 3.05) is 17.7 Å². The van der Waals surface area contributed by atoms with Crippen molar-refractivity contribution in [1.82, 2.24) is 4.98 Å². The molecule has 27 heavy (non-hydrogen) atoms. The van der Waals surface area contributed by atoms with Gasteiger partial charge in [0.2, 0.25) is 5.91 Å². The first kappa shape index (κ1) is 18.4. The number of ether oxygens (including phenoxy) is 1. The standard InChI is InChI=1S/C19H18N4O3S/c1-11-3-8-16(26-2)14(9-11)22-19-23-15(10-27-19)18(25)21-13-6-4-12(5-7-13)17(20)24/h3-10H,1-2H3,(H2,20,24)(H,21,25)(H,22,23). The van der Waals surface area contributed by atoms with Crippen LogP contribution in [0.25, 0.3) is 0 Å². The van der Waals surface area contributed by atoms with E-state index in [-0.39, 0.29) is 11.6 Å². The van der Waals surface area contributed by atoms with Crippen molar-refractivity contribution in [2.24, 2.45) is 5.73 Å². The van der Waals surface area contributed by atoms with Crippen LogP contribution >= 0.6 is 11.3 Å². The summed E-state index contributed by atoms with van der Waals surface area (Å²) in [5.74, 6) is -0.173. The Morgan fingerprint density at radius 3 is 2.56 bits per heavy atom. The molecule has 0 aliphatic rings. The van der Waals surface area contributed by atoms with Gasteiger partial charge in [-0.05, 0) is 48.9 Å². The topological polar surface area (TPSA) is 106 Å². The SMILES string of the molecule is COc1ccc(C)cc1Nc1nc(C(=O)Nc2ccc(C(N)=O)cc2)cs1. The second-order valence-corrected chi connectivity index (χ2v) is 6.62. The lowest BCUT2D eigenvalue weighted by molar-refractivity contribution is 0.0998. The van der Waals surface area contributed by atoms with E-state index in [0.29, 0.717) is 22.1 Å². The average Bonchev–Trinajstić information content (AvgIpc) is 3.11. The van der Waals surface area contributed by atoms with E-state index in [1.165, 1.54) is 11.3 Å². The highest BCUT2D eigenvalue weighted by Crippen LogP contribution is 2.30. The maximum absolute atomic E-state index is 12.4. The van der Waals surface area contributed by atoms with E-state index >= 15 is 0 Å². The highest BCUT2D eigenvalue weighted by molar-refractivity contribution is 7.14. The maximum Gasteiger partial charge on any atom is 0.275 e. The normalized spacial score (nSPS) is 10.3. The van der Waals surface area contributed by atoms with Gasteiger partial charge in [0.25, 0.3) is 5.91 Å². The molecule has 0 saturated heterocycles. The molecule has 0 spiro atoms. The Hall–Kier alpha value is -3.39. The lowest BCUT2D eigenvalue weighted by Crippen LogP contribution is -2.13. The number of nitrogens with two attached hydrogens (primary N) is 1. The molecule has 0 fully saturated rings. The highest BCUT2D eigenvalue weighted by Gasteiger charge is 2.13. The van der Waals surface area contributed by atoms with E-state index in [4.69, 9.17) is 10.5 Å². The van der Waals surface area contributed by atoms with Crippen LogP contribution in [0.5, 0.6) is 5.75 Å². The minimum absolute atomic E-state index is 0.285. The summed E-state index contributed by atoms with van der Waals surface area (Å²) in [6.45, 7) is 1.98.